The van der Waals surface area contributed by atoms with Crippen molar-refractivity contribution < 1.29 is 14.3 Å². The lowest BCUT2D eigenvalue weighted by atomic mass is 10.2. The van der Waals surface area contributed by atoms with Gasteiger partial charge >= 0.3 is 5.97 Å². The van der Waals surface area contributed by atoms with Crippen LogP contribution in [0, 0.1) is 0 Å². The van der Waals surface area contributed by atoms with Crippen molar-refractivity contribution >= 4 is 23.2 Å². The van der Waals surface area contributed by atoms with Gasteiger partial charge in [-0.05, 0) is 37.6 Å². The maximum atomic E-state index is 11.5. The molecule has 4 nitrogen and oxygen atoms in total. The van der Waals surface area contributed by atoms with Crippen molar-refractivity contribution in [1.29, 1.82) is 0 Å². The smallest absolute Gasteiger partial charge is 0.305 e. The molecule has 1 rings (SSSR count). The SMILES string of the molecule is CCOC(=O)CCCNC(=O)CCCc1cccs1. The highest BCUT2D eigenvalue weighted by Gasteiger charge is 2.04. The highest BCUT2D eigenvalue weighted by Crippen LogP contribution is 2.11. The number of nitrogens with one attached hydrogen (secondary N) is 1. The number of esters is 1. The molecule has 19 heavy (non-hydrogen) atoms. The summed E-state index contributed by atoms with van der Waals surface area (Å²) >= 11 is 1.72. The molecule has 0 atom stereocenters. The van der Waals surface area contributed by atoms with Gasteiger partial charge in [0.25, 0.3) is 0 Å². The normalized spacial score (nSPS) is 10.2. The minimum Gasteiger partial charge on any atom is -0.466 e. The predicted molar refractivity (Wildman–Crippen MR) is 76.1 cm³/mol. The van der Waals surface area contributed by atoms with Crippen molar-refractivity contribution in [3.8, 4) is 0 Å². The molecule has 0 bridgehead atoms. The van der Waals surface area contributed by atoms with Crippen molar-refractivity contribution in [2.75, 3.05) is 13.2 Å². The zero-order chi connectivity index (χ0) is 13.9. The molecule has 0 fully saturated rings. The fourth-order valence-electron chi connectivity index (χ4n) is 1.66. The lowest BCUT2D eigenvalue weighted by Gasteiger charge is -2.05. The van der Waals surface area contributed by atoms with Crippen LogP contribution in [0.3, 0.4) is 0 Å². The van der Waals surface area contributed by atoms with Gasteiger partial charge in [0.2, 0.25) is 5.91 Å². The van der Waals surface area contributed by atoms with Crippen LogP contribution in [0.15, 0.2) is 17.5 Å². The fourth-order valence-corrected chi connectivity index (χ4v) is 2.41. The Labute approximate surface area is 118 Å². The number of aryl methyl sites for hydroxylation is 1. The lowest BCUT2D eigenvalue weighted by molar-refractivity contribution is -0.143. The van der Waals surface area contributed by atoms with Gasteiger partial charge in [-0.2, -0.15) is 0 Å². The summed E-state index contributed by atoms with van der Waals surface area (Å²) in [5.74, 6) is -0.144. The minimum atomic E-state index is -0.200. The Morgan fingerprint density at radius 3 is 2.84 bits per heavy atom. The van der Waals surface area contributed by atoms with E-state index in [0.717, 1.165) is 12.8 Å². The zero-order valence-corrected chi connectivity index (χ0v) is 12.1. The third kappa shape index (κ3) is 7.62. The van der Waals surface area contributed by atoms with Crippen molar-refractivity contribution in [3.05, 3.63) is 22.4 Å². The molecule has 1 heterocycles. The number of carbonyl (C=O) groups is 2. The zero-order valence-electron chi connectivity index (χ0n) is 11.3. The van der Waals surface area contributed by atoms with Gasteiger partial charge < -0.3 is 10.1 Å². The average Bonchev–Trinajstić information content (AvgIpc) is 2.88. The van der Waals surface area contributed by atoms with E-state index in [2.05, 4.69) is 11.4 Å². The fraction of sp³-hybridized carbons (Fsp3) is 0.571. The molecule has 0 spiro atoms. The maximum absolute atomic E-state index is 11.5. The standard InChI is InChI=1S/C14H21NO3S/c1-2-18-14(17)9-4-10-15-13(16)8-3-6-12-7-5-11-19-12/h5,7,11H,2-4,6,8-10H2,1H3,(H,15,16). The summed E-state index contributed by atoms with van der Waals surface area (Å²) in [6.07, 6.45) is 3.36. The second kappa shape index (κ2) is 9.55. The monoisotopic (exact) mass is 283 g/mol. The Balaban J connectivity index is 1.97. The van der Waals surface area contributed by atoms with Crippen molar-refractivity contribution in [2.45, 2.75) is 39.0 Å². The van der Waals surface area contributed by atoms with Crippen molar-refractivity contribution in [2.24, 2.45) is 0 Å². The van der Waals surface area contributed by atoms with E-state index >= 15 is 0 Å². The Kier molecular flexibility index (Phi) is 7.89. The van der Waals surface area contributed by atoms with Crippen LogP contribution < -0.4 is 5.32 Å². The van der Waals surface area contributed by atoms with E-state index in [4.69, 9.17) is 4.74 Å². The van der Waals surface area contributed by atoms with Crippen LogP contribution in [0.4, 0.5) is 0 Å². The first-order valence-electron chi connectivity index (χ1n) is 6.67. The number of rotatable bonds is 9. The first-order valence-corrected chi connectivity index (χ1v) is 7.55. The summed E-state index contributed by atoms with van der Waals surface area (Å²) in [5, 5.41) is 4.86. The van der Waals surface area contributed by atoms with Crippen LogP contribution in [0.25, 0.3) is 0 Å². The van der Waals surface area contributed by atoms with E-state index in [0.29, 0.717) is 32.4 Å². The quantitative estimate of drug-likeness (QED) is 0.559. The molecule has 0 saturated carbocycles. The van der Waals surface area contributed by atoms with Crippen LogP contribution in [0.5, 0.6) is 0 Å². The molecule has 0 aliphatic rings. The van der Waals surface area contributed by atoms with Gasteiger partial charge in [-0.1, -0.05) is 6.07 Å². The first kappa shape index (κ1) is 15.7. The predicted octanol–water partition coefficient (Wildman–Crippen LogP) is 2.53. The number of carbonyl (C=O) groups excluding carboxylic acids is 2. The van der Waals surface area contributed by atoms with Crippen LogP contribution >= 0.6 is 11.3 Å². The number of amides is 1. The summed E-state index contributed by atoms with van der Waals surface area (Å²) < 4.78 is 4.80. The second-order valence-corrected chi connectivity index (χ2v) is 5.22. The summed E-state index contributed by atoms with van der Waals surface area (Å²) in [7, 11) is 0. The average molecular weight is 283 g/mol. The molecule has 0 aliphatic heterocycles. The molecular formula is C14H21NO3S. The molecular weight excluding hydrogens is 262 g/mol. The molecule has 0 saturated heterocycles. The van der Waals surface area contributed by atoms with E-state index in [1.165, 1.54) is 4.88 Å². The summed E-state index contributed by atoms with van der Waals surface area (Å²) in [5.41, 5.74) is 0. The van der Waals surface area contributed by atoms with E-state index in [9.17, 15) is 9.59 Å². The third-order valence-corrected chi connectivity index (χ3v) is 3.53. The van der Waals surface area contributed by atoms with Crippen molar-refractivity contribution in [1.82, 2.24) is 5.32 Å². The molecule has 1 N–H and O–H groups in total. The third-order valence-electron chi connectivity index (χ3n) is 2.59. The number of thiophene rings is 1. The Morgan fingerprint density at radius 2 is 2.16 bits per heavy atom. The second-order valence-electron chi connectivity index (χ2n) is 4.19. The molecule has 0 aromatic carbocycles. The lowest BCUT2D eigenvalue weighted by Crippen LogP contribution is -2.24. The number of ether oxygens (including phenoxy) is 1. The van der Waals surface area contributed by atoms with E-state index in [-0.39, 0.29) is 11.9 Å². The molecule has 0 unspecified atom stereocenters. The van der Waals surface area contributed by atoms with Crippen LogP contribution in [-0.4, -0.2) is 25.0 Å². The van der Waals surface area contributed by atoms with E-state index in [1.807, 2.05) is 11.4 Å². The van der Waals surface area contributed by atoms with Crippen molar-refractivity contribution in [3.63, 3.8) is 0 Å². The van der Waals surface area contributed by atoms with E-state index < -0.39 is 0 Å². The largest absolute Gasteiger partial charge is 0.466 e. The Bertz CT molecular complexity index is 376. The maximum Gasteiger partial charge on any atom is 0.305 e. The van der Waals surface area contributed by atoms with Gasteiger partial charge in [-0.15, -0.1) is 11.3 Å². The number of hydrogen-bond donors (Lipinski definition) is 1. The van der Waals surface area contributed by atoms with Gasteiger partial charge in [0.1, 0.15) is 0 Å². The van der Waals surface area contributed by atoms with E-state index in [1.54, 1.807) is 18.3 Å². The number of hydrogen-bond acceptors (Lipinski definition) is 4. The van der Waals surface area contributed by atoms with Crippen LogP contribution in [-0.2, 0) is 20.7 Å². The Hall–Kier alpha value is -1.36. The van der Waals surface area contributed by atoms with Crippen LogP contribution in [0.1, 0.15) is 37.5 Å². The summed E-state index contributed by atoms with van der Waals surface area (Å²) in [6, 6.07) is 4.11. The van der Waals surface area contributed by atoms with Crippen LogP contribution in [0.2, 0.25) is 0 Å². The van der Waals surface area contributed by atoms with Gasteiger partial charge in [-0.25, -0.2) is 0 Å². The first-order chi connectivity index (χ1) is 9.22. The Morgan fingerprint density at radius 1 is 1.32 bits per heavy atom. The molecule has 1 aromatic heterocycles. The van der Waals surface area contributed by atoms with Gasteiger partial charge in [0.15, 0.2) is 0 Å². The van der Waals surface area contributed by atoms with Gasteiger partial charge in [0.05, 0.1) is 6.61 Å². The molecule has 0 radical (unpaired) electrons. The topological polar surface area (TPSA) is 55.4 Å². The van der Waals surface area contributed by atoms with Gasteiger partial charge in [-0.3, -0.25) is 9.59 Å². The highest BCUT2D eigenvalue weighted by atomic mass is 32.1. The van der Waals surface area contributed by atoms with Gasteiger partial charge in [0, 0.05) is 24.3 Å². The molecule has 1 aromatic rings. The molecule has 1 amide bonds. The molecule has 106 valence electrons. The highest BCUT2D eigenvalue weighted by molar-refractivity contribution is 7.09. The summed E-state index contributed by atoms with van der Waals surface area (Å²) in [4.78, 5) is 23.9. The summed E-state index contributed by atoms with van der Waals surface area (Å²) in [6.45, 7) is 2.73. The molecule has 5 heteroatoms. The molecule has 0 aliphatic carbocycles. The minimum absolute atomic E-state index is 0.0559.